The molecule has 0 aliphatic rings. The lowest BCUT2D eigenvalue weighted by Crippen LogP contribution is -2.15. The minimum Gasteiger partial charge on any atom is -0.491 e. The number of amides is 2. The van der Waals surface area contributed by atoms with Crippen LogP contribution in [0.2, 0.25) is 0 Å². The lowest BCUT2D eigenvalue weighted by molar-refractivity contribution is -0.116. The number of hydrogen-bond acceptors (Lipinski definition) is 4. The summed E-state index contributed by atoms with van der Waals surface area (Å²) >= 11 is 3.28. The van der Waals surface area contributed by atoms with Crippen LogP contribution in [-0.2, 0) is 4.79 Å². The molecule has 3 aromatic rings. The summed E-state index contributed by atoms with van der Waals surface area (Å²) in [5.41, 5.74) is 0.824. The van der Waals surface area contributed by atoms with Crippen LogP contribution < -0.4 is 15.4 Å². The van der Waals surface area contributed by atoms with E-state index >= 15 is 0 Å². The number of benzene rings is 2. The summed E-state index contributed by atoms with van der Waals surface area (Å²) in [6.45, 7) is 0.0958. The Bertz CT molecular complexity index is 1080. The Morgan fingerprint density at radius 1 is 1.03 bits per heavy atom. The van der Waals surface area contributed by atoms with Gasteiger partial charge in [0, 0.05) is 34.4 Å². The Kier molecular flexibility index (Phi) is 7.66. The van der Waals surface area contributed by atoms with Crippen LogP contribution in [0.15, 0.2) is 65.3 Å². The number of halogens is 3. The van der Waals surface area contributed by atoms with E-state index in [4.69, 9.17) is 4.74 Å². The van der Waals surface area contributed by atoms with Gasteiger partial charge in [-0.15, -0.1) is 0 Å². The first-order chi connectivity index (χ1) is 14.9. The fourth-order valence-corrected chi connectivity index (χ4v) is 2.84. The smallest absolute Gasteiger partial charge is 0.256 e. The lowest BCUT2D eigenvalue weighted by Gasteiger charge is -2.09. The summed E-state index contributed by atoms with van der Waals surface area (Å²) in [5, 5.41) is 5.38. The molecule has 6 nitrogen and oxygen atoms in total. The molecule has 0 unspecified atom stereocenters. The van der Waals surface area contributed by atoms with Gasteiger partial charge in [-0.1, -0.05) is 6.07 Å². The van der Waals surface area contributed by atoms with E-state index in [0.29, 0.717) is 23.5 Å². The van der Waals surface area contributed by atoms with Gasteiger partial charge in [0.25, 0.3) is 5.91 Å². The predicted molar refractivity (Wildman–Crippen MR) is 116 cm³/mol. The fraction of sp³-hybridized carbons (Fsp3) is 0.136. The largest absolute Gasteiger partial charge is 0.491 e. The number of pyridine rings is 1. The summed E-state index contributed by atoms with van der Waals surface area (Å²) < 4.78 is 32.4. The Morgan fingerprint density at radius 3 is 2.61 bits per heavy atom. The summed E-state index contributed by atoms with van der Waals surface area (Å²) in [5.74, 6) is -1.79. The minimum absolute atomic E-state index is 0.0687. The fourth-order valence-electron chi connectivity index (χ4n) is 2.61. The molecule has 0 aliphatic carbocycles. The molecule has 0 aliphatic heterocycles. The van der Waals surface area contributed by atoms with Gasteiger partial charge in [-0.05, 0) is 64.8 Å². The SMILES string of the molecule is O=C(CCCOc1ccc(F)cc1F)Nc1cccc(C(=O)Nc2ccc(Br)cn2)c1. The number of aromatic nitrogens is 1. The van der Waals surface area contributed by atoms with E-state index in [1.807, 2.05) is 0 Å². The molecule has 2 aromatic carbocycles. The highest BCUT2D eigenvalue weighted by Gasteiger charge is 2.10. The quantitative estimate of drug-likeness (QED) is 0.427. The van der Waals surface area contributed by atoms with Gasteiger partial charge >= 0.3 is 0 Å². The summed E-state index contributed by atoms with van der Waals surface area (Å²) in [4.78, 5) is 28.6. The standard InChI is InChI=1S/C22H18BrF2N3O3/c23-15-6-9-20(26-13-15)28-22(30)14-3-1-4-17(11-14)27-21(29)5-2-10-31-19-8-7-16(24)12-18(19)25/h1,3-4,6-9,11-13H,2,5,10H2,(H,27,29)(H,26,28,30). The highest BCUT2D eigenvalue weighted by atomic mass is 79.9. The number of carbonyl (C=O) groups excluding carboxylic acids is 2. The molecular weight excluding hydrogens is 472 g/mol. The van der Waals surface area contributed by atoms with Crippen molar-refractivity contribution < 1.29 is 23.1 Å². The second kappa shape index (κ2) is 10.6. The molecule has 1 heterocycles. The van der Waals surface area contributed by atoms with Gasteiger partial charge < -0.3 is 15.4 Å². The van der Waals surface area contributed by atoms with Crippen molar-refractivity contribution in [1.29, 1.82) is 0 Å². The molecule has 0 bridgehead atoms. The van der Waals surface area contributed by atoms with E-state index < -0.39 is 11.6 Å². The first-order valence-electron chi connectivity index (χ1n) is 9.31. The minimum atomic E-state index is -0.794. The highest BCUT2D eigenvalue weighted by molar-refractivity contribution is 9.10. The molecule has 0 fully saturated rings. The number of hydrogen-bond donors (Lipinski definition) is 2. The molecule has 2 N–H and O–H groups in total. The number of anilines is 2. The first-order valence-corrected chi connectivity index (χ1v) is 10.1. The molecule has 2 amide bonds. The van der Waals surface area contributed by atoms with Gasteiger partial charge in [-0.2, -0.15) is 0 Å². The normalized spacial score (nSPS) is 10.4. The first kappa shape index (κ1) is 22.4. The maximum absolute atomic E-state index is 13.5. The zero-order valence-electron chi connectivity index (χ0n) is 16.2. The highest BCUT2D eigenvalue weighted by Crippen LogP contribution is 2.18. The molecule has 31 heavy (non-hydrogen) atoms. The molecule has 1 aromatic heterocycles. The van der Waals surface area contributed by atoms with Crippen molar-refractivity contribution in [3.05, 3.63) is 82.5 Å². The van der Waals surface area contributed by atoms with E-state index in [-0.39, 0.29) is 30.6 Å². The molecule has 160 valence electrons. The van der Waals surface area contributed by atoms with E-state index in [1.165, 1.54) is 6.07 Å². The second-order valence-corrected chi connectivity index (χ2v) is 7.39. The van der Waals surface area contributed by atoms with Gasteiger partial charge in [0.15, 0.2) is 11.6 Å². The third-order valence-electron chi connectivity index (χ3n) is 4.08. The average molecular weight is 490 g/mol. The summed E-state index contributed by atoms with van der Waals surface area (Å²) in [6.07, 6.45) is 2.03. The Hall–Kier alpha value is -3.33. The topological polar surface area (TPSA) is 80.3 Å². The maximum atomic E-state index is 13.5. The molecule has 0 spiro atoms. The van der Waals surface area contributed by atoms with Crippen LogP contribution in [-0.4, -0.2) is 23.4 Å². The zero-order valence-corrected chi connectivity index (χ0v) is 17.8. The maximum Gasteiger partial charge on any atom is 0.256 e. The van der Waals surface area contributed by atoms with Crippen molar-refractivity contribution in [2.24, 2.45) is 0 Å². The van der Waals surface area contributed by atoms with Crippen LogP contribution >= 0.6 is 15.9 Å². The molecular formula is C22H18BrF2N3O3. The third-order valence-corrected chi connectivity index (χ3v) is 4.55. The second-order valence-electron chi connectivity index (χ2n) is 6.47. The molecule has 0 saturated carbocycles. The van der Waals surface area contributed by atoms with Crippen molar-refractivity contribution in [2.75, 3.05) is 17.2 Å². The zero-order chi connectivity index (χ0) is 22.2. The summed E-state index contributed by atoms with van der Waals surface area (Å²) in [6, 6.07) is 12.9. The van der Waals surface area contributed by atoms with Crippen LogP contribution in [0.4, 0.5) is 20.3 Å². The predicted octanol–water partition coefficient (Wildman–Crippen LogP) is 5.17. The van der Waals surface area contributed by atoms with Gasteiger partial charge in [0.2, 0.25) is 5.91 Å². The van der Waals surface area contributed by atoms with Crippen LogP contribution in [0.25, 0.3) is 0 Å². The molecule has 0 radical (unpaired) electrons. The van der Waals surface area contributed by atoms with Crippen molar-refractivity contribution in [3.8, 4) is 5.75 Å². The number of nitrogens with zero attached hydrogens (tertiary/aromatic N) is 1. The average Bonchev–Trinajstić information content (AvgIpc) is 2.74. The molecule has 0 saturated heterocycles. The van der Waals surface area contributed by atoms with E-state index in [0.717, 1.165) is 16.6 Å². The molecule has 0 atom stereocenters. The van der Waals surface area contributed by atoms with E-state index in [2.05, 4.69) is 31.5 Å². The number of nitrogens with one attached hydrogen (secondary N) is 2. The van der Waals surface area contributed by atoms with Crippen LogP contribution in [0, 0.1) is 11.6 Å². The number of ether oxygens (including phenoxy) is 1. The van der Waals surface area contributed by atoms with Gasteiger partial charge in [0.05, 0.1) is 6.61 Å². The van der Waals surface area contributed by atoms with Crippen LogP contribution in [0.1, 0.15) is 23.2 Å². The third kappa shape index (κ3) is 6.85. The van der Waals surface area contributed by atoms with Gasteiger partial charge in [0.1, 0.15) is 11.6 Å². The van der Waals surface area contributed by atoms with Crippen LogP contribution in [0.3, 0.4) is 0 Å². The van der Waals surface area contributed by atoms with Crippen molar-refractivity contribution >= 4 is 39.2 Å². The van der Waals surface area contributed by atoms with Crippen molar-refractivity contribution in [1.82, 2.24) is 4.98 Å². The van der Waals surface area contributed by atoms with E-state index in [9.17, 15) is 18.4 Å². The number of carbonyl (C=O) groups is 2. The lowest BCUT2D eigenvalue weighted by atomic mass is 10.2. The number of rotatable bonds is 8. The van der Waals surface area contributed by atoms with Crippen molar-refractivity contribution in [3.63, 3.8) is 0 Å². The molecule has 9 heteroatoms. The van der Waals surface area contributed by atoms with Crippen molar-refractivity contribution in [2.45, 2.75) is 12.8 Å². The van der Waals surface area contributed by atoms with Gasteiger partial charge in [-0.3, -0.25) is 9.59 Å². The summed E-state index contributed by atoms with van der Waals surface area (Å²) in [7, 11) is 0. The molecule has 3 rings (SSSR count). The Labute approximate surface area is 185 Å². The monoisotopic (exact) mass is 489 g/mol. The van der Waals surface area contributed by atoms with Crippen LogP contribution in [0.5, 0.6) is 5.75 Å². The Balaban J connectivity index is 1.47. The van der Waals surface area contributed by atoms with E-state index in [1.54, 1.807) is 42.6 Å². The van der Waals surface area contributed by atoms with Gasteiger partial charge in [-0.25, -0.2) is 13.8 Å². The Morgan fingerprint density at radius 2 is 1.87 bits per heavy atom.